The van der Waals surface area contributed by atoms with Crippen LogP contribution >= 0.6 is 23.1 Å². The Morgan fingerprint density at radius 2 is 2.10 bits per heavy atom. The van der Waals surface area contributed by atoms with Gasteiger partial charge in [-0.3, -0.25) is 9.69 Å². The number of hydrogen-bond acceptors (Lipinski definition) is 9. The Hall–Kier alpha value is -2.92. The topological polar surface area (TPSA) is 121 Å². The van der Waals surface area contributed by atoms with Crippen LogP contribution in [0.2, 0.25) is 0 Å². The number of H-pyrrole nitrogens is 1. The highest BCUT2D eigenvalue weighted by atomic mass is 32.2. The molecule has 0 atom stereocenters. The van der Waals surface area contributed by atoms with Crippen molar-refractivity contribution in [2.24, 2.45) is 0 Å². The molecule has 1 fully saturated rings. The van der Waals surface area contributed by atoms with Gasteiger partial charge in [-0.25, -0.2) is 9.78 Å². The Balaban J connectivity index is 1.55. The lowest BCUT2D eigenvalue weighted by molar-refractivity contribution is -0.133. The van der Waals surface area contributed by atoms with Gasteiger partial charge in [-0.2, -0.15) is 0 Å². The van der Waals surface area contributed by atoms with Crippen LogP contribution in [0.5, 0.6) is 0 Å². The molecule has 1 amide bonds. The van der Waals surface area contributed by atoms with Crippen molar-refractivity contribution in [3.05, 3.63) is 35.8 Å². The van der Waals surface area contributed by atoms with Crippen LogP contribution in [0.25, 0.3) is 16.6 Å². The lowest BCUT2D eigenvalue weighted by Crippen LogP contribution is -2.30. The number of anilines is 1. The van der Waals surface area contributed by atoms with Crippen LogP contribution in [0.15, 0.2) is 34.4 Å². The molecule has 3 aromatic rings. The zero-order chi connectivity index (χ0) is 21.3. The van der Waals surface area contributed by atoms with Crippen molar-refractivity contribution in [3.8, 4) is 0 Å². The summed E-state index contributed by atoms with van der Waals surface area (Å²) < 4.78 is 5.42. The normalized spacial score (nSPS) is 14.5. The van der Waals surface area contributed by atoms with Gasteiger partial charge in [0.2, 0.25) is 11.0 Å². The molecule has 1 aliphatic carbocycles. The molecule has 1 aromatic carbocycles. The Morgan fingerprint density at radius 1 is 1.33 bits per heavy atom. The number of methoxy groups -OCH3 is 1. The van der Waals surface area contributed by atoms with Gasteiger partial charge in [0.25, 0.3) is 0 Å². The van der Waals surface area contributed by atoms with E-state index in [4.69, 9.17) is 4.74 Å². The summed E-state index contributed by atoms with van der Waals surface area (Å²) in [6.07, 6.45) is 1.93. The van der Waals surface area contributed by atoms with E-state index in [1.165, 1.54) is 37.1 Å². The highest BCUT2D eigenvalue weighted by Crippen LogP contribution is 2.36. The number of nitrogens with zero attached hydrogens (tertiary/aromatic N) is 4. The number of hydrogen-bond donors (Lipinski definition) is 2. The molecule has 0 bridgehead atoms. The quantitative estimate of drug-likeness (QED) is 0.187. The van der Waals surface area contributed by atoms with E-state index >= 15 is 0 Å². The first-order chi connectivity index (χ1) is 14.5. The first-order valence-electron chi connectivity index (χ1n) is 9.19. The molecule has 156 valence electrons. The largest absolute Gasteiger partial charge is 0.510 e. The molecule has 0 aliphatic heterocycles. The highest BCUT2D eigenvalue weighted by Gasteiger charge is 2.34. The number of aromatic nitrogens is 4. The first kappa shape index (κ1) is 20.4. The van der Waals surface area contributed by atoms with Gasteiger partial charge in [0, 0.05) is 13.0 Å². The number of imidazole rings is 1. The van der Waals surface area contributed by atoms with Crippen molar-refractivity contribution < 1.29 is 19.4 Å². The van der Waals surface area contributed by atoms with Gasteiger partial charge in [0.15, 0.2) is 4.34 Å². The molecule has 0 saturated heterocycles. The van der Waals surface area contributed by atoms with Crippen LogP contribution in [0, 0.1) is 0 Å². The lowest BCUT2D eigenvalue weighted by Gasteiger charge is -2.15. The molecule has 2 aromatic heterocycles. The van der Waals surface area contributed by atoms with Gasteiger partial charge in [0.1, 0.15) is 17.2 Å². The number of rotatable bonds is 7. The van der Waals surface area contributed by atoms with Crippen molar-refractivity contribution in [2.75, 3.05) is 17.8 Å². The molecule has 1 aliphatic rings. The van der Waals surface area contributed by atoms with E-state index in [1.807, 2.05) is 18.2 Å². The number of para-hydroxylation sites is 2. The SMILES string of the molecule is COC(=O)C(=C(O)CSc1nnc(N(C(C)=O)C2CC2)s1)c1nc2ccccc2[nH]1. The number of carbonyl (C=O) groups is 2. The summed E-state index contributed by atoms with van der Waals surface area (Å²) >= 11 is 2.50. The fourth-order valence-corrected chi connectivity index (χ4v) is 4.80. The van der Waals surface area contributed by atoms with Gasteiger partial charge in [0.05, 0.1) is 23.9 Å². The molecule has 2 heterocycles. The molecule has 11 heteroatoms. The predicted octanol–water partition coefficient (Wildman–Crippen LogP) is 3.16. The second-order valence-electron chi connectivity index (χ2n) is 6.68. The predicted molar refractivity (Wildman–Crippen MR) is 114 cm³/mol. The smallest absolute Gasteiger partial charge is 0.345 e. The minimum absolute atomic E-state index is 0.0331. The number of amides is 1. The van der Waals surface area contributed by atoms with E-state index in [9.17, 15) is 14.7 Å². The fourth-order valence-electron chi connectivity index (χ4n) is 2.97. The molecule has 0 radical (unpaired) electrons. The Kier molecular flexibility index (Phi) is 5.73. The van der Waals surface area contributed by atoms with Crippen LogP contribution in [0.1, 0.15) is 25.6 Å². The van der Waals surface area contributed by atoms with Crippen molar-refractivity contribution in [1.29, 1.82) is 0 Å². The minimum atomic E-state index is -0.693. The summed E-state index contributed by atoms with van der Waals surface area (Å²) in [7, 11) is 1.25. The fraction of sp³-hybridized carbons (Fsp3) is 0.316. The molecular weight excluding hydrogens is 426 g/mol. The van der Waals surface area contributed by atoms with Crippen LogP contribution in [-0.4, -0.2) is 56.1 Å². The third kappa shape index (κ3) is 4.17. The number of fused-ring (bicyclic) bond motifs is 1. The van der Waals surface area contributed by atoms with E-state index < -0.39 is 5.97 Å². The summed E-state index contributed by atoms with van der Waals surface area (Å²) in [4.78, 5) is 33.3. The van der Waals surface area contributed by atoms with Gasteiger partial charge < -0.3 is 14.8 Å². The highest BCUT2D eigenvalue weighted by molar-refractivity contribution is 8.01. The third-order valence-electron chi connectivity index (χ3n) is 4.49. The maximum atomic E-state index is 12.3. The molecule has 4 rings (SSSR count). The zero-order valence-electron chi connectivity index (χ0n) is 16.3. The van der Waals surface area contributed by atoms with Crippen LogP contribution in [-0.2, 0) is 14.3 Å². The molecular formula is C19H19N5O4S2. The maximum absolute atomic E-state index is 12.3. The average molecular weight is 446 g/mol. The van der Waals surface area contributed by atoms with E-state index in [-0.39, 0.29) is 34.9 Å². The number of carbonyl (C=O) groups excluding carboxylic acids is 2. The first-order valence-corrected chi connectivity index (χ1v) is 11.0. The summed E-state index contributed by atoms with van der Waals surface area (Å²) in [6, 6.07) is 7.51. The number of aliphatic hydroxyl groups excluding tert-OH is 1. The zero-order valence-corrected chi connectivity index (χ0v) is 17.9. The number of esters is 1. The Labute approximate surface area is 180 Å². The number of aromatic amines is 1. The second kappa shape index (κ2) is 8.44. The van der Waals surface area contributed by atoms with Gasteiger partial charge in [-0.15, -0.1) is 10.2 Å². The standard InChI is InChI=1S/C19H19N5O4S2/c1-10(25)24(11-7-8-11)18-22-23-19(30-18)29-9-14(26)15(17(27)28-2)16-20-12-5-3-4-6-13(12)21-16/h3-6,11,26H,7-9H2,1-2H3,(H,20,21). The lowest BCUT2D eigenvalue weighted by atomic mass is 10.2. The molecule has 0 spiro atoms. The second-order valence-corrected chi connectivity index (χ2v) is 8.85. The van der Waals surface area contributed by atoms with Crippen molar-refractivity contribution in [1.82, 2.24) is 20.2 Å². The van der Waals surface area contributed by atoms with Crippen LogP contribution < -0.4 is 4.90 Å². The summed E-state index contributed by atoms with van der Waals surface area (Å²) in [5.41, 5.74) is 1.38. The number of benzene rings is 1. The van der Waals surface area contributed by atoms with Gasteiger partial charge in [-0.1, -0.05) is 35.2 Å². The third-order valence-corrected chi connectivity index (χ3v) is 6.56. The van der Waals surface area contributed by atoms with E-state index in [2.05, 4.69) is 20.2 Å². The van der Waals surface area contributed by atoms with Crippen molar-refractivity contribution in [2.45, 2.75) is 30.1 Å². The van der Waals surface area contributed by atoms with E-state index in [0.29, 0.717) is 15.0 Å². The minimum Gasteiger partial charge on any atom is -0.510 e. The van der Waals surface area contributed by atoms with Gasteiger partial charge >= 0.3 is 5.97 Å². The number of nitrogens with one attached hydrogen (secondary N) is 1. The van der Waals surface area contributed by atoms with Crippen molar-refractivity contribution in [3.63, 3.8) is 0 Å². The van der Waals surface area contributed by atoms with E-state index in [1.54, 1.807) is 11.0 Å². The summed E-state index contributed by atoms with van der Waals surface area (Å²) in [5, 5.41) is 19.4. The molecule has 9 nitrogen and oxygen atoms in total. The number of ether oxygens (including phenoxy) is 1. The Bertz CT molecular complexity index is 1100. The van der Waals surface area contributed by atoms with Gasteiger partial charge in [-0.05, 0) is 25.0 Å². The molecule has 2 N–H and O–H groups in total. The monoisotopic (exact) mass is 445 g/mol. The van der Waals surface area contributed by atoms with Crippen molar-refractivity contribution >= 4 is 56.7 Å². The average Bonchev–Trinajstić information content (AvgIpc) is 3.28. The maximum Gasteiger partial charge on any atom is 0.345 e. The summed E-state index contributed by atoms with van der Waals surface area (Å²) in [6.45, 7) is 1.51. The summed E-state index contributed by atoms with van der Waals surface area (Å²) in [5.74, 6) is -0.643. The Morgan fingerprint density at radius 3 is 2.77 bits per heavy atom. The number of thioether (sulfide) groups is 1. The van der Waals surface area contributed by atoms with E-state index in [0.717, 1.165) is 18.4 Å². The van der Waals surface area contributed by atoms with Crippen LogP contribution in [0.4, 0.5) is 5.13 Å². The molecule has 1 saturated carbocycles. The molecule has 0 unspecified atom stereocenters. The van der Waals surface area contributed by atoms with Crippen LogP contribution in [0.3, 0.4) is 0 Å². The number of aliphatic hydroxyl groups is 1. The molecule has 30 heavy (non-hydrogen) atoms.